The Balaban J connectivity index is 1.80. The molecule has 1 aromatic rings. The van der Waals surface area contributed by atoms with Gasteiger partial charge in [0.25, 0.3) is 0 Å². The minimum absolute atomic E-state index is 0.838. The number of hydrogen-bond acceptors (Lipinski definition) is 3. The largest absolute Gasteiger partial charge is 0.372 e. The molecule has 0 atom stereocenters. The Morgan fingerprint density at radius 1 is 1.27 bits per heavy atom. The summed E-state index contributed by atoms with van der Waals surface area (Å²) in [6.45, 7) is 0.867. The predicted molar refractivity (Wildman–Crippen MR) is 64.6 cm³/mol. The topological polar surface area (TPSA) is 24.1 Å². The molecule has 3 heteroatoms. The Labute approximate surface area is 94.4 Å². The highest BCUT2D eigenvalue weighted by Gasteiger charge is 2.19. The van der Waals surface area contributed by atoms with Crippen molar-refractivity contribution < 1.29 is 0 Å². The maximum Gasteiger partial charge on any atom is 0.0846 e. The second-order valence-corrected chi connectivity index (χ2v) is 5.25. The van der Waals surface area contributed by atoms with Crippen molar-refractivity contribution in [3.63, 3.8) is 0 Å². The summed E-state index contributed by atoms with van der Waals surface area (Å²) in [5.41, 5.74) is 2.81. The van der Waals surface area contributed by atoms with E-state index in [9.17, 15) is 0 Å². The summed E-state index contributed by atoms with van der Waals surface area (Å²) in [4.78, 5) is 1.38. The first-order valence-corrected chi connectivity index (χ1v) is 6.58. The molecule has 1 aliphatic heterocycles. The fourth-order valence-electron chi connectivity index (χ4n) is 2.47. The van der Waals surface area contributed by atoms with Crippen LogP contribution >= 0.6 is 11.3 Å². The van der Waals surface area contributed by atoms with E-state index in [0.29, 0.717) is 0 Å². The molecule has 2 heterocycles. The molecule has 0 aromatic carbocycles. The first-order chi connectivity index (χ1) is 7.43. The molecule has 1 aliphatic carbocycles. The molecule has 1 saturated carbocycles. The Hall–Kier alpha value is -0.960. The third-order valence-electron chi connectivity index (χ3n) is 3.34. The van der Waals surface area contributed by atoms with Gasteiger partial charge < -0.3 is 10.6 Å². The van der Waals surface area contributed by atoms with Gasteiger partial charge in [0, 0.05) is 6.20 Å². The molecule has 0 bridgehead atoms. The third-order valence-corrected chi connectivity index (χ3v) is 4.32. The predicted octanol–water partition coefficient (Wildman–Crippen LogP) is 2.85. The first-order valence-electron chi connectivity index (χ1n) is 5.70. The summed E-state index contributed by atoms with van der Waals surface area (Å²) in [6, 6.07) is 2.37. The van der Waals surface area contributed by atoms with Crippen molar-refractivity contribution in [3.05, 3.63) is 28.1 Å². The highest BCUT2D eigenvalue weighted by molar-refractivity contribution is 7.11. The van der Waals surface area contributed by atoms with Crippen molar-refractivity contribution >= 4 is 17.0 Å². The highest BCUT2D eigenvalue weighted by atomic mass is 32.1. The van der Waals surface area contributed by atoms with Crippen molar-refractivity contribution in [2.75, 3.05) is 6.67 Å². The van der Waals surface area contributed by atoms with E-state index in [1.807, 2.05) is 11.3 Å². The van der Waals surface area contributed by atoms with Crippen LogP contribution in [0.1, 0.15) is 42.0 Å². The Morgan fingerprint density at radius 2 is 2.13 bits per heavy atom. The molecule has 0 spiro atoms. The van der Waals surface area contributed by atoms with Gasteiger partial charge in [0.05, 0.1) is 17.2 Å². The van der Waals surface area contributed by atoms with Gasteiger partial charge in [-0.25, -0.2) is 0 Å². The molecular weight excluding hydrogens is 204 g/mol. The fraction of sp³-hybridized carbons (Fsp3) is 0.500. The average molecular weight is 220 g/mol. The van der Waals surface area contributed by atoms with Crippen LogP contribution in [-0.2, 0) is 0 Å². The van der Waals surface area contributed by atoms with E-state index in [1.165, 1.54) is 36.3 Å². The van der Waals surface area contributed by atoms with Gasteiger partial charge in [-0.1, -0.05) is 12.8 Å². The van der Waals surface area contributed by atoms with Gasteiger partial charge in [-0.2, -0.15) is 0 Å². The van der Waals surface area contributed by atoms with Gasteiger partial charge in [0.1, 0.15) is 0 Å². The van der Waals surface area contributed by atoms with Crippen LogP contribution in [0.3, 0.4) is 0 Å². The van der Waals surface area contributed by atoms with Crippen molar-refractivity contribution in [1.29, 1.82) is 0 Å². The summed E-state index contributed by atoms with van der Waals surface area (Å²) in [7, 11) is 0. The summed E-state index contributed by atoms with van der Waals surface area (Å²) >= 11 is 1.86. The van der Waals surface area contributed by atoms with E-state index < -0.39 is 0 Å². The fourth-order valence-corrected chi connectivity index (χ4v) is 3.46. The lowest BCUT2D eigenvalue weighted by Gasteiger charge is -2.04. The van der Waals surface area contributed by atoms with Crippen LogP contribution in [-0.4, -0.2) is 6.67 Å². The van der Waals surface area contributed by atoms with Crippen molar-refractivity contribution in [2.24, 2.45) is 0 Å². The second kappa shape index (κ2) is 3.89. The van der Waals surface area contributed by atoms with Crippen LogP contribution in [0.25, 0.3) is 5.70 Å². The SMILES string of the molecule is C1=C(c2cc(C3CCCC3)cs2)NCN1. The number of hydrogen-bond donors (Lipinski definition) is 2. The minimum Gasteiger partial charge on any atom is -0.372 e. The van der Waals surface area contributed by atoms with E-state index in [4.69, 9.17) is 0 Å². The summed E-state index contributed by atoms with van der Waals surface area (Å²) in [5, 5.41) is 8.86. The quantitative estimate of drug-likeness (QED) is 0.801. The van der Waals surface area contributed by atoms with Crippen LogP contribution < -0.4 is 10.6 Å². The molecule has 80 valence electrons. The molecule has 2 nitrogen and oxygen atoms in total. The van der Waals surface area contributed by atoms with Gasteiger partial charge >= 0.3 is 0 Å². The normalized spacial score (nSPS) is 21.2. The lowest BCUT2D eigenvalue weighted by Crippen LogP contribution is -2.13. The summed E-state index contributed by atoms with van der Waals surface area (Å²) < 4.78 is 0. The van der Waals surface area contributed by atoms with Gasteiger partial charge in [-0.3, -0.25) is 0 Å². The van der Waals surface area contributed by atoms with E-state index in [1.54, 1.807) is 5.56 Å². The van der Waals surface area contributed by atoms with Gasteiger partial charge in [-0.05, 0) is 35.8 Å². The second-order valence-electron chi connectivity index (χ2n) is 4.34. The molecule has 2 N–H and O–H groups in total. The third kappa shape index (κ3) is 1.76. The number of thiophene rings is 1. The smallest absolute Gasteiger partial charge is 0.0846 e. The zero-order valence-corrected chi connectivity index (χ0v) is 9.57. The van der Waals surface area contributed by atoms with Gasteiger partial charge in [0.15, 0.2) is 0 Å². The molecule has 0 amide bonds. The van der Waals surface area contributed by atoms with Crippen LogP contribution in [0.15, 0.2) is 17.6 Å². The number of nitrogens with one attached hydrogen (secondary N) is 2. The molecule has 1 fully saturated rings. The monoisotopic (exact) mass is 220 g/mol. The van der Waals surface area contributed by atoms with Crippen LogP contribution in [0, 0.1) is 0 Å². The average Bonchev–Trinajstić information content (AvgIpc) is 3.02. The van der Waals surface area contributed by atoms with Crippen molar-refractivity contribution in [3.8, 4) is 0 Å². The Morgan fingerprint density at radius 3 is 2.87 bits per heavy atom. The Bertz CT molecular complexity index is 375. The molecule has 1 aromatic heterocycles. The van der Waals surface area contributed by atoms with Crippen molar-refractivity contribution in [1.82, 2.24) is 10.6 Å². The molecule has 0 unspecified atom stereocenters. The molecule has 0 radical (unpaired) electrons. The lowest BCUT2D eigenvalue weighted by molar-refractivity contribution is 0.726. The highest BCUT2D eigenvalue weighted by Crippen LogP contribution is 2.37. The molecule has 2 aliphatic rings. The van der Waals surface area contributed by atoms with Gasteiger partial charge in [0.2, 0.25) is 0 Å². The summed E-state index contributed by atoms with van der Waals surface area (Å²) in [5.74, 6) is 0.838. The van der Waals surface area contributed by atoms with Crippen LogP contribution in [0.5, 0.6) is 0 Å². The maximum atomic E-state index is 3.34. The molecular formula is C12H16N2S. The summed E-state index contributed by atoms with van der Waals surface area (Å²) in [6.07, 6.45) is 7.68. The number of rotatable bonds is 2. The molecule has 0 saturated heterocycles. The van der Waals surface area contributed by atoms with E-state index in [2.05, 4.69) is 28.3 Å². The lowest BCUT2D eigenvalue weighted by atomic mass is 10.0. The van der Waals surface area contributed by atoms with E-state index in [0.717, 1.165) is 12.6 Å². The van der Waals surface area contributed by atoms with Crippen molar-refractivity contribution in [2.45, 2.75) is 31.6 Å². The Kier molecular flexibility index (Phi) is 2.41. The van der Waals surface area contributed by atoms with Crippen LogP contribution in [0.4, 0.5) is 0 Å². The minimum atomic E-state index is 0.838. The van der Waals surface area contributed by atoms with E-state index in [-0.39, 0.29) is 0 Å². The van der Waals surface area contributed by atoms with Crippen LogP contribution in [0.2, 0.25) is 0 Å². The maximum absolute atomic E-state index is 3.34. The zero-order chi connectivity index (χ0) is 10.1. The van der Waals surface area contributed by atoms with Gasteiger partial charge in [-0.15, -0.1) is 11.3 Å². The zero-order valence-electron chi connectivity index (χ0n) is 8.75. The first kappa shape index (κ1) is 9.28. The van der Waals surface area contributed by atoms with E-state index >= 15 is 0 Å². The standard InChI is InChI=1S/C12H16N2S/c1-2-4-9(3-1)10-5-12(15-7-10)11-6-13-8-14-11/h5-7,9,13-14H,1-4,8H2. The molecule has 15 heavy (non-hydrogen) atoms. The molecule has 3 rings (SSSR count).